The Balaban J connectivity index is 1.64. The first-order chi connectivity index (χ1) is 16.6. The Morgan fingerprint density at radius 3 is 2.66 bits per heavy atom. The summed E-state index contributed by atoms with van der Waals surface area (Å²) in [6.45, 7) is 12.0. The van der Waals surface area contributed by atoms with Gasteiger partial charge in [-0.15, -0.1) is 0 Å². The number of rotatable bonds is 4. The summed E-state index contributed by atoms with van der Waals surface area (Å²) < 4.78 is 3.44. The van der Waals surface area contributed by atoms with Gasteiger partial charge in [0.1, 0.15) is 5.39 Å². The van der Waals surface area contributed by atoms with E-state index in [1.54, 1.807) is 15.6 Å². The molecular weight excluding hydrogens is 462 g/mol. The van der Waals surface area contributed by atoms with Crippen LogP contribution in [0.3, 0.4) is 0 Å². The number of halogens is 1. The van der Waals surface area contributed by atoms with Gasteiger partial charge in [0.25, 0.3) is 5.56 Å². The van der Waals surface area contributed by atoms with E-state index in [4.69, 9.17) is 21.6 Å². The van der Waals surface area contributed by atoms with Gasteiger partial charge in [-0.05, 0) is 62.2 Å². The molecule has 0 atom stereocenters. The molecule has 4 aromatic rings. The van der Waals surface area contributed by atoms with Crippen molar-refractivity contribution in [3.8, 4) is 5.82 Å². The van der Waals surface area contributed by atoms with Crippen molar-refractivity contribution in [3.63, 3.8) is 0 Å². The lowest BCUT2D eigenvalue weighted by atomic mass is 9.91. The van der Waals surface area contributed by atoms with E-state index in [9.17, 15) is 4.79 Å². The van der Waals surface area contributed by atoms with Gasteiger partial charge in [0, 0.05) is 29.9 Å². The second kappa shape index (κ2) is 8.77. The molecule has 35 heavy (non-hydrogen) atoms. The molecule has 0 saturated carbocycles. The molecule has 1 aliphatic rings. The van der Waals surface area contributed by atoms with Crippen LogP contribution in [0, 0.1) is 0 Å². The molecule has 0 fully saturated rings. The largest absolute Gasteiger partial charge is 0.324 e. The topological polar surface area (TPSA) is 89.7 Å². The quantitative estimate of drug-likeness (QED) is 0.422. The van der Waals surface area contributed by atoms with E-state index in [2.05, 4.69) is 48.5 Å². The molecule has 9 heteroatoms. The van der Waals surface area contributed by atoms with Crippen molar-refractivity contribution in [3.05, 3.63) is 68.7 Å². The molecule has 2 N–H and O–H groups in total. The van der Waals surface area contributed by atoms with E-state index < -0.39 is 0 Å². The highest BCUT2D eigenvalue weighted by molar-refractivity contribution is 6.31. The van der Waals surface area contributed by atoms with Gasteiger partial charge in [-0.2, -0.15) is 4.98 Å². The highest BCUT2D eigenvalue weighted by Gasteiger charge is 2.24. The Hall–Kier alpha value is -3.23. The van der Waals surface area contributed by atoms with E-state index in [-0.39, 0.29) is 17.0 Å². The molecule has 1 aliphatic heterocycles. The zero-order chi connectivity index (χ0) is 24.9. The molecule has 0 unspecified atom stereocenters. The SMILES string of the molecule is CC(C)n1c(=O)c2cnc(Nc3ccc4c(c3)CCNC4)nc2n1-c1ccc(Cl)c(C(C)(C)C)n1. The van der Waals surface area contributed by atoms with Crippen molar-refractivity contribution in [2.24, 2.45) is 0 Å². The molecule has 8 nitrogen and oxygen atoms in total. The van der Waals surface area contributed by atoms with Crippen LogP contribution in [0.2, 0.25) is 5.02 Å². The smallest absolute Gasteiger partial charge is 0.278 e. The van der Waals surface area contributed by atoms with Gasteiger partial charge in [0.2, 0.25) is 5.95 Å². The fraction of sp³-hybridized carbons (Fsp3) is 0.385. The average Bonchev–Trinajstić information content (AvgIpc) is 3.10. The van der Waals surface area contributed by atoms with Crippen LogP contribution in [-0.2, 0) is 18.4 Å². The molecule has 182 valence electrons. The van der Waals surface area contributed by atoms with E-state index in [1.165, 1.54) is 11.1 Å². The average molecular weight is 492 g/mol. The second-order valence-electron chi connectivity index (χ2n) is 10.3. The molecule has 0 bridgehead atoms. The van der Waals surface area contributed by atoms with Gasteiger partial charge in [-0.25, -0.2) is 19.3 Å². The Labute approximate surface area is 209 Å². The number of fused-ring (bicyclic) bond motifs is 2. The number of anilines is 2. The van der Waals surface area contributed by atoms with Crippen molar-refractivity contribution in [2.45, 2.75) is 59.0 Å². The van der Waals surface area contributed by atoms with Crippen LogP contribution >= 0.6 is 11.6 Å². The Morgan fingerprint density at radius 1 is 1.11 bits per heavy atom. The van der Waals surface area contributed by atoms with Gasteiger partial charge in [-0.3, -0.25) is 4.79 Å². The summed E-state index contributed by atoms with van der Waals surface area (Å²) in [7, 11) is 0. The van der Waals surface area contributed by atoms with Crippen LogP contribution in [0.5, 0.6) is 0 Å². The maximum atomic E-state index is 13.3. The first-order valence-electron chi connectivity index (χ1n) is 11.9. The number of hydrogen-bond donors (Lipinski definition) is 2. The van der Waals surface area contributed by atoms with Gasteiger partial charge < -0.3 is 10.6 Å². The summed E-state index contributed by atoms with van der Waals surface area (Å²) in [6.07, 6.45) is 2.57. The van der Waals surface area contributed by atoms with Crippen LogP contribution in [0.25, 0.3) is 16.9 Å². The lowest BCUT2D eigenvalue weighted by Crippen LogP contribution is -2.25. The van der Waals surface area contributed by atoms with E-state index in [0.29, 0.717) is 27.8 Å². The summed E-state index contributed by atoms with van der Waals surface area (Å²) in [6, 6.07) is 9.83. The van der Waals surface area contributed by atoms with Crippen molar-refractivity contribution >= 4 is 34.3 Å². The summed E-state index contributed by atoms with van der Waals surface area (Å²) in [5.74, 6) is 1.01. The number of nitrogens with zero attached hydrogens (tertiary/aromatic N) is 5. The fourth-order valence-corrected chi connectivity index (χ4v) is 4.89. The highest BCUT2D eigenvalue weighted by Crippen LogP contribution is 2.30. The fourth-order valence-electron chi connectivity index (χ4n) is 4.51. The molecule has 0 radical (unpaired) electrons. The number of hydrogen-bond acceptors (Lipinski definition) is 6. The molecule has 5 rings (SSSR count). The highest BCUT2D eigenvalue weighted by atomic mass is 35.5. The zero-order valence-corrected chi connectivity index (χ0v) is 21.4. The lowest BCUT2D eigenvalue weighted by Gasteiger charge is -2.21. The predicted octanol–water partition coefficient (Wildman–Crippen LogP) is 4.90. The third kappa shape index (κ3) is 4.32. The molecule has 0 spiro atoms. The van der Waals surface area contributed by atoms with Crippen LogP contribution in [-0.4, -0.2) is 30.9 Å². The first kappa shape index (κ1) is 23.5. The van der Waals surface area contributed by atoms with Gasteiger partial charge in [0.15, 0.2) is 11.5 Å². The minimum absolute atomic E-state index is 0.113. The number of aromatic nitrogens is 5. The molecule has 0 saturated heterocycles. The summed E-state index contributed by atoms with van der Waals surface area (Å²) >= 11 is 6.48. The third-order valence-corrected chi connectivity index (χ3v) is 6.53. The Kier molecular flexibility index (Phi) is 5.89. The zero-order valence-electron chi connectivity index (χ0n) is 20.7. The van der Waals surface area contributed by atoms with Crippen molar-refractivity contribution < 1.29 is 0 Å². The minimum atomic E-state index is -0.261. The summed E-state index contributed by atoms with van der Waals surface area (Å²) in [4.78, 5) is 27.4. The van der Waals surface area contributed by atoms with E-state index >= 15 is 0 Å². The van der Waals surface area contributed by atoms with Gasteiger partial charge in [-0.1, -0.05) is 38.4 Å². The molecule has 0 aliphatic carbocycles. The van der Waals surface area contributed by atoms with E-state index in [0.717, 1.165) is 30.9 Å². The van der Waals surface area contributed by atoms with Crippen molar-refractivity contribution in [2.75, 3.05) is 11.9 Å². The van der Waals surface area contributed by atoms with Gasteiger partial charge >= 0.3 is 0 Å². The number of pyridine rings is 1. The summed E-state index contributed by atoms with van der Waals surface area (Å²) in [5, 5.41) is 7.74. The normalized spacial score (nSPS) is 13.9. The number of nitrogens with one attached hydrogen (secondary N) is 2. The predicted molar refractivity (Wildman–Crippen MR) is 140 cm³/mol. The third-order valence-electron chi connectivity index (χ3n) is 6.22. The lowest BCUT2D eigenvalue weighted by molar-refractivity contribution is 0.469. The molecular formula is C26H30ClN7O. The molecule has 0 amide bonds. The minimum Gasteiger partial charge on any atom is -0.324 e. The van der Waals surface area contributed by atoms with Crippen molar-refractivity contribution in [1.29, 1.82) is 0 Å². The molecule has 1 aromatic carbocycles. The number of benzene rings is 1. The summed E-state index contributed by atoms with van der Waals surface area (Å²) in [5.41, 5.74) is 4.39. The molecule has 4 heterocycles. The Morgan fingerprint density at radius 2 is 1.91 bits per heavy atom. The monoisotopic (exact) mass is 491 g/mol. The van der Waals surface area contributed by atoms with Crippen LogP contribution in [0.1, 0.15) is 57.5 Å². The molecule has 3 aromatic heterocycles. The Bertz CT molecular complexity index is 1480. The first-order valence-corrected chi connectivity index (χ1v) is 12.3. The van der Waals surface area contributed by atoms with E-state index in [1.807, 2.05) is 32.0 Å². The maximum Gasteiger partial charge on any atom is 0.278 e. The maximum absolute atomic E-state index is 13.3. The van der Waals surface area contributed by atoms with Gasteiger partial charge in [0.05, 0.1) is 10.7 Å². The second-order valence-corrected chi connectivity index (χ2v) is 10.7. The standard InChI is InChI=1S/C26H30ClN7O/c1-15(2)33-24(35)19-14-29-25(30-18-7-6-17-13-28-11-10-16(17)12-18)32-23(19)34(33)21-9-8-20(27)22(31-21)26(3,4)5/h6-9,12,14-15,28H,10-11,13H2,1-5H3,(H,29,30,32). The van der Waals surface area contributed by atoms with Crippen LogP contribution < -0.4 is 16.2 Å². The van der Waals surface area contributed by atoms with Crippen LogP contribution in [0.15, 0.2) is 41.3 Å². The van der Waals surface area contributed by atoms with Crippen LogP contribution in [0.4, 0.5) is 11.6 Å². The van der Waals surface area contributed by atoms with Crippen molar-refractivity contribution in [1.82, 2.24) is 29.6 Å².